The van der Waals surface area contributed by atoms with Gasteiger partial charge in [-0.1, -0.05) is 72.2 Å². The summed E-state index contributed by atoms with van der Waals surface area (Å²) in [5.41, 5.74) is 13.5. The molecule has 1 unspecified atom stereocenters. The topological polar surface area (TPSA) is 12.0 Å². The number of rotatable bonds is 0. The fourth-order valence-corrected chi connectivity index (χ4v) is 4.68. The molecule has 0 radical (unpaired) electrons. The zero-order valence-corrected chi connectivity index (χ0v) is 16.7. The Morgan fingerprint density at radius 3 is 2.43 bits per heavy atom. The third kappa shape index (κ3) is 2.70. The lowest BCUT2D eigenvalue weighted by molar-refractivity contribution is 0.869. The normalized spacial score (nSPS) is 17.3. The molecule has 1 atom stereocenters. The van der Waals surface area contributed by atoms with Crippen LogP contribution >= 0.6 is 0 Å². The highest BCUT2D eigenvalue weighted by atomic mass is 14.8. The van der Waals surface area contributed by atoms with Gasteiger partial charge >= 0.3 is 0 Å². The van der Waals surface area contributed by atoms with Gasteiger partial charge in [0.2, 0.25) is 0 Å². The van der Waals surface area contributed by atoms with Crippen LogP contribution in [0.4, 0.5) is 5.69 Å². The highest BCUT2D eigenvalue weighted by Crippen LogP contribution is 2.45. The molecule has 0 amide bonds. The average molecular weight is 364 g/mol. The second-order valence-corrected chi connectivity index (χ2v) is 8.11. The first-order chi connectivity index (χ1) is 13.6. The third-order valence-corrected chi connectivity index (χ3v) is 6.19. The van der Waals surface area contributed by atoms with E-state index in [4.69, 9.17) is 0 Å². The van der Waals surface area contributed by atoms with Crippen LogP contribution in [0.1, 0.15) is 40.7 Å². The summed E-state index contributed by atoms with van der Waals surface area (Å²) in [6, 6.07) is 22.4. The van der Waals surface area contributed by atoms with E-state index in [1.165, 1.54) is 50.1 Å². The molecule has 2 aliphatic rings. The number of hydrogen-bond acceptors (Lipinski definition) is 1. The Kier molecular flexibility index (Phi) is 3.98. The van der Waals surface area contributed by atoms with E-state index < -0.39 is 0 Å². The van der Waals surface area contributed by atoms with Gasteiger partial charge in [-0.05, 0) is 66.3 Å². The number of hydrogen-bond donors (Lipinski definition) is 1. The van der Waals surface area contributed by atoms with Gasteiger partial charge in [0, 0.05) is 23.4 Å². The molecular formula is C27H25N. The minimum atomic E-state index is 0.370. The quantitative estimate of drug-likeness (QED) is 0.452. The van der Waals surface area contributed by atoms with Crippen molar-refractivity contribution in [3.05, 3.63) is 106 Å². The monoisotopic (exact) mass is 363 g/mol. The lowest BCUT2D eigenvalue weighted by atomic mass is 9.84. The van der Waals surface area contributed by atoms with Gasteiger partial charge in [-0.25, -0.2) is 0 Å². The molecule has 1 nitrogen and oxygen atoms in total. The molecule has 138 valence electrons. The Morgan fingerprint density at radius 2 is 1.57 bits per heavy atom. The molecule has 1 heteroatoms. The van der Waals surface area contributed by atoms with E-state index in [1.807, 2.05) is 0 Å². The molecule has 0 aromatic heterocycles. The van der Waals surface area contributed by atoms with E-state index in [1.54, 1.807) is 0 Å². The van der Waals surface area contributed by atoms with Gasteiger partial charge in [0.15, 0.2) is 0 Å². The van der Waals surface area contributed by atoms with Crippen molar-refractivity contribution in [3.63, 3.8) is 0 Å². The molecule has 5 rings (SSSR count). The molecule has 1 aliphatic carbocycles. The Balaban J connectivity index is 1.75. The van der Waals surface area contributed by atoms with Crippen LogP contribution in [0.25, 0.3) is 16.7 Å². The molecule has 0 saturated heterocycles. The maximum atomic E-state index is 3.56. The van der Waals surface area contributed by atoms with E-state index in [0.29, 0.717) is 5.92 Å². The van der Waals surface area contributed by atoms with Crippen LogP contribution < -0.4 is 5.32 Å². The van der Waals surface area contributed by atoms with Crippen molar-refractivity contribution in [2.24, 2.45) is 0 Å². The zero-order chi connectivity index (χ0) is 19.3. The van der Waals surface area contributed by atoms with Gasteiger partial charge in [-0.15, -0.1) is 0 Å². The molecule has 1 heterocycles. The molecule has 28 heavy (non-hydrogen) atoms. The summed E-state index contributed by atoms with van der Waals surface area (Å²) in [6.07, 6.45) is 5.42. The van der Waals surface area contributed by atoms with Gasteiger partial charge < -0.3 is 5.32 Å². The van der Waals surface area contributed by atoms with Crippen LogP contribution in [-0.2, 0) is 6.42 Å². The van der Waals surface area contributed by atoms with Crippen LogP contribution in [-0.4, -0.2) is 0 Å². The minimum Gasteiger partial charge on any atom is -0.361 e. The second kappa shape index (κ2) is 6.53. The number of anilines is 1. The van der Waals surface area contributed by atoms with Gasteiger partial charge in [0.1, 0.15) is 0 Å². The van der Waals surface area contributed by atoms with E-state index in [2.05, 4.69) is 99.0 Å². The van der Waals surface area contributed by atoms with Gasteiger partial charge in [-0.2, -0.15) is 0 Å². The summed E-state index contributed by atoms with van der Waals surface area (Å²) in [5, 5.41) is 3.56. The average Bonchev–Trinajstić information content (AvgIpc) is 3.06. The van der Waals surface area contributed by atoms with Crippen LogP contribution in [0, 0.1) is 13.8 Å². The van der Waals surface area contributed by atoms with Crippen molar-refractivity contribution in [2.45, 2.75) is 33.1 Å². The molecule has 3 aromatic rings. The van der Waals surface area contributed by atoms with Crippen LogP contribution in [0.2, 0.25) is 0 Å². The Morgan fingerprint density at radius 1 is 0.821 bits per heavy atom. The number of fused-ring (bicyclic) bond motifs is 5. The van der Waals surface area contributed by atoms with Crippen molar-refractivity contribution in [3.8, 4) is 11.1 Å². The van der Waals surface area contributed by atoms with E-state index in [0.717, 1.165) is 12.1 Å². The fraction of sp³-hybridized carbons (Fsp3) is 0.185. The van der Waals surface area contributed by atoms with Crippen LogP contribution in [0.3, 0.4) is 0 Å². The summed E-state index contributed by atoms with van der Waals surface area (Å²) in [7, 11) is 0. The molecule has 0 fully saturated rings. The maximum Gasteiger partial charge on any atom is 0.0459 e. The predicted molar refractivity (Wildman–Crippen MR) is 120 cm³/mol. The molecular weight excluding hydrogens is 338 g/mol. The standard InChI is InChI=1S/C27H25N/c1-17-8-10-20-16-24-19(3)21-6-4-5-7-22(21)26-15-18(2)9-11-27(26)28-13-12-23(24)25(20)14-17/h4-15,19,28H,16H2,1-3H3. The molecule has 3 aromatic carbocycles. The lowest BCUT2D eigenvalue weighted by Gasteiger charge is -2.22. The SMILES string of the molecule is Cc1ccc2c(c1)C1=C(C2)C(C)c2ccccc2-c2cc(C)ccc2NC=C1. The summed E-state index contributed by atoms with van der Waals surface area (Å²) < 4.78 is 0. The Hall–Kier alpha value is -3.06. The second-order valence-electron chi connectivity index (χ2n) is 8.11. The summed E-state index contributed by atoms with van der Waals surface area (Å²) in [5.74, 6) is 0.370. The van der Waals surface area contributed by atoms with Crippen molar-refractivity contribution >= 4 is 11.3 Å². The van der Waals surface area contributed by atoms with Crippen molar-refractivity contribution in [1.29, 1.82) is 0 Å². The number of nitrogens with one attached hydrogen (secondary N) is 1. The third-order valence-electron chi connectivity index (χ3n) is 6.19. The first-order valence-electron chi connectivity index (χ1n) is 10.1. The highest BCUT2D eigenvalue weighted by molar-refractivity contribution is 5.88. The van der Waals surface area contributed by atoms with Crippen molar-refractivity contribution in [1.82, 2.24) is 0 Å². The minimum absolute atomic E-state index is 0.370. The predicted octanol–water partition coefficient (Wildman–Crippen LogP) is 7.02. The Bertz CT molecular complexity index is 1150. The van der Waals surface area contributed by atoms with Crippen molar-refractivity contribution < 1.29 is 0 Å². The molecule has 1 aliphatic heterocycles. The number of aryl methyl sites for hydroxylation is 2. The highest BCUT2D eigenvalue weighted by Gasteiger charge is 2.27. The van der Waals surface area contributed by atoms with Crippen molar-refractivity contribution in [2.75, 3.05) is 5.32 Å². The summed E-state index contributed by atoms with van der Waals surface area (Å²) in [4.78, 5) is 0. The molecule has 0 bridgehead atoms. The van der Waals surface area contributed by atoms with E-state index in [9.17, 15) is 0 Å². The van der Waals surface area contributed by atoms with E-state index in [-0.39, 0.29) is 0 Å². The van der Waals surface area contributed by atoms with Crippen LogP contribution in [0.15, 0.2) is 78.5 Å². The summed E-state index contributed by atoms with van der Waals surface area (Å²) in [6.45, 7) is 6.71. The number of benzene rings is 3. The molecule has 1 N–H and O–H groups in total. The lowest BCUT2D eigenvalue weighted by Crippen LogP contribution is -2.04. The summed E-state index contributed by atoms with van der Waals surface area (Å²) >= 11 is 0. The van der Waals surface area contributed by atoms with Crippen LogP contribution in [0.5, 0.6) is 0 Å². The van der Waals surface area contributed by atoms with Gasteiger partial charge in [-0.3, -0.25) is 0 Å². The number of allylic oxidation sites excluding steroid dienone is 3. The van der Waals surface area contributed by atoms with E-state index >= 15 is 0 Å². The smallest absolute Gasteiger partial charge is 0.0459 e. The molecule has 0 spiro atoms. The van der Waals surface area contributed by atoms with Gasteiger partial charge in [0.25, 0.3) is 0 Å². The van der Waals surface area contributed by atoms with Gasteiger partial charge in [0.05, 0.1) is 0 Å². The first kappa shape index (κ1) is 17.1. The maximum absolute atomic E-state index is 3.56. The molecule has 0 saturated carbocycles. The Labute approximate surface area is 167 Å². The fourth-order valence-electron chi connectivity index (χ4n) is 4.68. The first-order valence-corrected chi connectivity index (χ1v) is 10.1. The zero-order valence-electron chi connectivity index (χ0n) is 16.7. The largest absolute Gasteiger partial charge is 0.361 e.